The van der Waals surface area contributed by atoms with Gasteiger partial charge in [-0.15, -0.1) is 0 Å². The zero-order valence-electron chi connectivity index (χ0n) is 21.5. The molecule has 0 spiro atoms. The van der Waals surface area contributed by atoms with E-state index < -0.39 is 47.3 Å². The minimum absolute atomic E-state index is 0.00780. The maximum Gasteiger partial charge on any atom is 0.429 e. The second kappa shape index (κ2) is 12.5. The number of hydrogen-bond acceptors (Lipinski definition) is 2. The number of benzene rings is 3. The van der Waals surface area contributed by atoms with Gasteiger partial charge in [-0.25, -0.2) is 8.78 Å². The van der Waals surface area contributed by atoms with E-state index in [1.807, 2.05) is 0 Å². The summed E-state index contributed by atoms with van der Waals surface area (Å²) in [7, 11) is 0. The SMILES string of the molecule is FCCC1CCC(c2ccc(C(F)(F)Oc3ccc(-c4ccc(OC(F)(F)C=C(F)F)c(F)c4)cc3)c(F)c2)CC1. The van der Waals surface area contributed by atoms with Crippen LogP contribution in [0.4, 0.5) is 39.5 Å². The van der Waals surface area contributed by atoms with E-state index >= 15 is 0 Å². The molecule has 0 unspecified atom stereocenters. The molecule has 2 nitrogen and oxygen atoms in total. The summed E-state index contributed by atoms with van der Waals surface area (Å²) in [6.45, 7) is -0.382. The van der Waals surface area contributed by atoms with Crippen molar-refractivity contribution in [3.63, 3.8) is 0 Å². The lowest BCUT2D eigenvalue weighted by molar-refractivity contribution is -0.187. The van der Waals surface area contributed by atoms with Crippen molar-refractivity contribution < 1.29 is 49.0 Å². The van der Waals surface area contributed by atoms with Crippen molar-refractivity contribution >= 4 is 0 Å². The quantitative estimate of drug-likeness (QED) is 0.220. The molecule has 1 aliphatic carbocycles. The molecular formula is C30H25F9O2. The van der Waals surface area contributed by atoms with Gasteiger partial charge in [-0.2, -0.15) is 26.3 Å². The lowest BCUT2D eigenvalue weighted by Crippen LogP contribution is -2.24. The van der Waals surface area contributed by atoms with Crippen LogP contribution in [0, 0.1) is 17.6 Å². The van der Waals surface area contributed by atoms with Crippen molar-refractivity contribution in [1.29, 1.82) is 0 Å². The van der Waals surface area contributed by atoms with Crippen molar-refractivity contribution in [2.75, 3.05) is 6.67 Å². The Morgan fingerprint density at radius 1 is 0.780 bits per heavy atom. The van der Waals surface area contributed by atoms with Gasteiger partial charge in [-0.1, -0.05) is 24.3 Å². The van der Waals surface area contributed by atoms with E-state index in [0.717, 1.165) is 62.1 Å². The van der Waals surface area contributed by atoms with Crippen LogP contribution in [0.15, 0.2) is 72.8 Å². The van der Waals surface area contributed by atoms with Crippen LogP contribution in [0.1, 0.15) is 49.1 Å². The second-order valence-corrected chi connectivity index (χ2v) is 9.82. The third-order valence-corrected chi connectivity index (χ3v) is 7.03. The molecule has 4 rings (SSSR count). The molecule has 0 heterocycles. The first kappa shape index (κ1) is 30.3. The Morgan fingerprint density at radius 3 is 2.02 bits per heavy atom. The van der Waals surface area contributed by atoms with Crippen molar-refractivity contribution in [1.82, 2.24) is 0 Å². The Hall–Kier alpha value is -3.63. The highest BCUT2D eigenvalue weighted by atomic mass is 19.3. The van der Waals surface area contributed by atoms with Crippen molar-refractivity contribution in [3.8, 4) is 22.6 Å². The van der Waals surface area contributed by atoms with Crippen molar-refractivity contribution in [2.45, 2.75) is 50.2 Å². The molecule has 0 bridgehead atoms. The fraction of sp³-hybridized carbons (Fsp3) is 0.333. The molecular weight excluding hydrogens is 563 g/mol. The molecule has 11 heteroatoms. The average Bonchev–Trinajstić information content (AvgIpc) is 2.89. The maximum absolute atomic E-state index is 14.9. The van der Waals surface area contributed by atoms with Crippen LogP contribution < -0.4 is 9.47 Å². The third-order valence-electron chi connectivity index (χ3n) is 7.03. The Morgan fingerprint density at radius 2 is 1.44 bits per heavy atom. The molecule has 3 aromatic rings. The van der Waals surface area contributed by atoms with E-state index in [-0.39, 0.29) is 35.4 Å². The molecule has 0 aliphatic heterocycles. The molecule has 3 aromatic carbocycles. The predicted octanol–water partition coefficient (Wildman–Crippen LogP) is 10.1. The fourth-order valence-electron chi connectivity index (χ4n) is 4.94. The van der Waals surface area contributed by atoms with E-state index in [4.69, 9.17) is 4.74 Å². The summed E-state index contributed by atoms with van der Waals surface area (Å²) in [5.41, 5.74) is 0.0744. The number of hydrogen-bond donors (Lipinski definition) is 0. The van der Waals surface area contributed by atoms with Gasteiger partial charge >= 0.3 is 12.2 Å². The first-order chi connectivity index (χ1) is 19.4. The molecule has 0 atom stereocenters. The summed E-state index contributed by atoms with van der Waals surface area (Å²) in [6, 6.07) is 11.1. The molecule has 220 valence electrons. The predicted molar refractivity (Wildman–Crippen MR) is 134 cm³/mol. The monoisotopic (exact) mass is 588 g/mol. The van der Waals surface area contributed by atoms with Crippen LogP contribution in [0.5, 0.6) is 11.5 Å². The van der Waals surface area contributed by atoms with Gasteiger partial charge < -0.3 is 9.47 Å². The highest BCUT2D eigenvalue weighted by molar-refractivity contribution is 5.65. The zero-order chi connectivity index (χ0) is 29.8. The number of alkyl halides is 5. The maximum atomic E-state index is 14.9. The first-order valence-electron chi connectivity index (χ1n) is 12.8. The lowest BCUT2D eigenvalue weighted by atomic mass is 9.77. The number of rotatable bonds is 10. The largest absolute Gasteiger partial charge is 0.429 e. The molecule has 0 aromatic heterocycles. The Labute approximate surface area is 230 Å². The smallest absolute Gasteiger partial charge is 0.429 e. The molecule has 1 fully saturated rings. The Kier molecular flexibility index (Phi) is 9.24. The summed E-state index contributed by atoms with van der Waals surface area (Å²) in [6.07, 6.45) is -8.39. The minimum atomic E-state index is -4.44. The van der Waals surface area contributed by atoms with Crippen LogP contribution >= 0.6 is 0 Å². The van der Waals surface area contributed by atoms with Gasteiger partial charge in [0.25, 0.3) is 6.08 Å². The average molecular weight is 589 g/mol. The summed E-state index contributed by atoms with van der Waals surface area (Å²) in [4.78, 5) is 0. The van der Waals surface area contributed by atoms with Crippen LogP contribution in [0.3, 0.4) is 0 Å². The number of ether oxygens (including phenoxy) is 2. The van der Waals surface area contributed by atoms with E-state index in [9.17, 15) is 39.5 Å². The van der Waals surface area contributed by atoms with Crippen molar-refractivity contribution in [3.05, 3.63) is 95.6 Å². The molecule has 1 saturated carbocycles. The van der Waals surface area contributed by atoms with Crippen molar-refractivity contribution in [2.24, 2.45) is 5.92 Å². The Bertz CT molecular complexity index is 1360. The van der Waals surface area contributed by atoms with Gasteiger partial charge in [0.05, 0.1) is 18.3 Å². The molecule has 41 heavy (non-hydrogen) atoms. The minimum Gasteiger partial charge on any atom is -0.429 e. The molecule has 0 saturated heterocycles. The number of halogens is 9. The summed E-state index contributed by atoms with van der Waals surface area (Å²) >= 11 is 0. The van der Waals surface area contributed by atoms with Crippen LogP contribution in [0.25, 0.3) is 11.1 Å². The van der Waals surface area contributed by atoms with Crippen LogP contribution in [0.2, 0.25) is 0 Å². The van der Waals surface area contributed by atoms with E-state index in [0.29, 0.717) is 12.0 Å². The van der Waals surface area contributed by atoms with Gasteiger partial charge in [-0.05, 0) is 97.0 Å². The lowest BCUT2D eigenvalue weighted by Gasteiger charge is -2.28. The highest BCUT2D eigenvalue weighted by Crippen LogP contribution is 2.40. The summed E-state index contributed by atoms with van der Waals surface area (Å²) < 4.78 is 131. The standard InChI is InChI=1S/C30H25F9O2/c31-14-13-18-1-3-19(4-2-18)21-7-11-24(25(32)15-21)30(38,39)40-23-9-5-20(6-10-23)22-8-12-27(26(33)16-22)41-29(36,37)17-28(34)35/h5-12,15-19H,1-4,13-14H2. The fourth-order valence-corrected chi connectivity index (χ4v) is 4.94. The summed E-state index contributed by atoms with van der Waals surface area (Å²) in [5, 5.41) is 0. The normalized spacial score (nSPS) is 17.7. The van der Waals surface area contributed by atoms with E-state index in [1.165, 1.54) is 24.3 Å². The molecule has 0 radical (unpaired) electrons. The second-order valence-electron chi connectivity index (χ2n) is 9.82. The Balaban J connectivity index is 1.42. The van der Waals surface area contributed by atoms with Gasteiger partial charge in [0, 0.05) is 0 Å². The van der Waals surface area contributed by atoms with Gasteiger partial charge in [0.15, 0.2) is 11.6 Å². The molecule has 1 aliphatic rings. The summed E-state index contributed by atoms with van der Waals surface area (Å²) in [5.74, 6) is -3.40. The van der Waals surface area contributed by atoms with Gasteiger partial charge in [-0.3, -0.25) is 4.39 Å². The van der Waals surface area contributed by atoms with Gasteiger partial charge in [0.2, 0.25) is 0 Å². The third kappa shape index (κ3) is 7.77. The van der Waals surface area contributed by atoms with Crippen LogP contribution in [-0.2, 0) is 6.11 Å². The topological polar surface area (TPSA) is 18.5 Å². The zero-order valence-corrected chi connectivity index (χ0v) is 21.5. The molecule has 0 amide bonds. The molecule has 0 N–H and O–H groups in total. The van der Waals surface area contributed by atoms with Crippen LogP contribution in [-0.4, -0.2) is 12.8 Å². The van der Waals surface area contributed by atoms with Gasteiger partial charge in [0.1, 0.15) is 11.6 Å². The first-order valence-corrected chi connectivity index (χ1v) is 12.8. The highest BCUT2D eigenvalue weighted by Gasteiger charge is 2.38. The van der Waals surface area contributed by atoms with E-state index in [2.05, 4.69) is 4.74 Å². The van der Waals surface area contributed by atoms with E-state index in [1.54, 1.807) is 0 Å².